The van der Waals surface area contributed by atoms with Crippen LogP contribution in [0, 0.1) is 0 Å². The van der Waals surface area contributed by atoms with Gasteiger partial charge in [-0.15, -0.1) is 0 Å². The average molecular weight is 212 g/mol. The molecule has 0 amide bonds. The quantitative estimate of drug-likeness (QED) is 0.761. The van der Waals surface area contributed by atoms with Gasteiger partial charge in [0.25, 0.3) is 0 Å². The van der Waals surface area contributed by atoms with E-state index in [9.17, 15) is 5.11 Å². The second-order valence-electron chi connectivity index (χ2n) is 4.62. The number of hydrogen-bond donors (Lipinski definition) is 1. The molecule has 0 radical (unpaired) electrons. The molecule has 0 bridgehead atoms. The maximum atomic E-state index is 10.2. The van der Waals surface area contributed by atoms with Gasteiger partial charge in [-0.05, 0) is 45.1 Å². The maximum Gasteiger partial charge on any atom is 0.139 e. The predicted molar refractivity (Wildman–Crippen MR) is 57.5 cm³/mol. The van der Waals surface area contributed by atoms with Crippen LogP contribution in [0.4, 0.5) is 0 Å². The van der Waals surface area contributed by atoms with Crippen LogP contribution in [0.5, 0.6) is 0 Å². The number of aliphatic hydroxyl groups excluding tert-OH is 1. The highest BCUT2D eigenvalue weighted by Crippen LogP contribution is 2.32. The molecule has 2 aliphatic heterocycles. The average Bonchev–Trinajstić information content (AvgIpc) is 2.30. The Labute approximate surface area is 91.1 Å². The van der Waals surface area contributed by atoms with Gasteiger partial charge < -0.3 is 14.6 Å². The Morgan fingerprint density at radius 1 is 1.33 bits per heavy atom. The summed E-state index contributed by atoms with van der Waals surface area (Å²) in [4.78, 5) is 0. The Morgan fingerprint density at radius 2 is 2.20 bits per heavy atom. The van der Waals surface area contributed by atoms with Gasteiger partial charge in [0.05, 0.1) is 12.2 Å². The van der Waals surface area contributed by atoms with Crippen LogP contribution in [-0.4, -0.2) is 30.0 Å². The third-order valence-corrected chi connectivity index (χ3v) is 3.31. The van der Waals surface area contributed by atoms with E-state index >= 15 is 0 Å². The Balaban J connectivity index is 2.04. The molecule has 0 saturated carbocycles. The fourth-order valence-corrected chi connectivity index (χ4v) is 2.24. The van der Waals surface area contributed by atoms with Crippen molar-refractivity contribution in [1.82, 2.24) is 0 Å². The van der Waals surface area contributed by atoms with Crippen molar-refractivity contribution in [2.75, 3.05) is 13.2 Å². The number of hydrogen-bond acceptors (Lipinski definition) is 3. The monoisotopic (exact) mass is 212 g/mol. The molecule has 0 aromatic heterocycles. The van der Waals surface area contributed by atoms with E-state index in [2.05, 4.69) is 0 Å². The lowest BCUT2D eigenvalue weighted by molar-refractivity contribution is -0.137. The standard InChI is InChI=1S/C12H20O3/c1-12(7-3-5-9-15-12)11(13)10-6-2-4-8-14-10/h6,11,13H,2-5,7-9H2,1H3. The van der Waals surface area contributed by atoms with E-state index in [1.54, 1.807) is 0 Å². The first-order valence-electron chi connectivity index (χ1n) is 5.87. The molecule has 0 aliphatic carbocycles. The van der Waals surface area contributed by atoms with Gasteiger partial charge in [0.15, 0.2) is 0 Å². The molecular formula is C12H20O3. The van der Waals surface area contributed by atoms with Gasteiger partial charge in [-0.25, -0.2) is 0 Å². The van der Waals surface area contributed by atoms with E-state index in [4.69, 9.17) is 9.47 Å². The van der Waals surface area contributed by atoms with Crippen LogP contribution in [0.15, 0.2) is 11.8 Å². The lowest BCUT2D eigenvalue weighted by Crippen LogP contribution is -2.46. The molecule has 1 N–H and O–H groups in total. The zero-order chi connectivity index (χ0) is 10.7. The van der Waals surface area contributed by atoms with E-state index < -0.39 is 11.7 Å². The molecule has 2 heterocycles. The van der Waals surface area contributed by atoms with Crippen LogP contribution in [0.1, 0.15) is 39.0 Å². The van der Waals surface area contributed by atoms with Crippen LogP contribution in [0.2, 0.25) is 0 Å². The van der Waals surface area contributed by atoms with Crippen LogP contribution < -0.4 is 0 Å². The van der Waals surface area contributed by atoms with Gasteiger partial charge in [-0.3, -0.25) is 0 Å². The summed E-state index contributed by atoms with van der Waals surface area (Å²) in [5.41, 5.74) is -0.443. The molecule has 2 unspecified atom stereocenters. The number of rotatable bonds is 2. The van der Waals surface area contributed by atoms with Crippen molar-refractivity contribution in [2.45, 2.75) is 50.7 Å². The fourth-order valence-electron chi connectivity index (χ4n) is 2.24. The SMILES string of the molecule is CC1(C(O)C2=CCCCO2)CCCCO1. The Morgan fingerprint density at radius 3 is 2.80 bits per heavy atom. The second-order valence-corrected chi connectivity index (χ2v) is 4.62. The summed E-state index contributed by atoms with van der Waals surface area (Å²) in [5.74, 6) is 0.714. The van der Waals surface area contributed by atoms with Gasteiger partial charge in [0.2, 0.25) is 0 Å². The highest BCUT2D eigenvalue weighted by Gasteiger charge is 2.39. The lowest BCUT2D eigenvalue weighted by Gasteiger charge is -2.39. The maximum absolute atomic E-state index is 10.2. The van der Waals surface area contributed by atoms with Crippen molar-refractivity contribution in [2.24, 2.45) is 0 Å². The second kappa shape index (κ2) is 4.54. The fraction of sp³-hybridized carbons (Fsp3) is 0.833. The molecule has 1 saturated heterocycles. The summed E-state index contributed by atoms with van der Waals surface area (Å²) < 4.78 is 11.2. The normalized spacial score (nSPS) is 34.1. The highest BCUT2D eigenvalue weighted by atomic mass is 16.5. The van der Waals surface area contributed by atoms with Gasteiger partial charge >= 0.3 is 0 Å². The van der Waals surface area contributed by atoms with Crippen molar-refractivity contribution in [3.8, 4) is 0 Å². The third kappa shape index (κ3) is 2.34. The number of aliphatic hydroxyl groups is 1. The largest absolute Gasteiger partial charge is 0.495 e. The first-order chi connectivity index (χ1) is 7.22. The molecule has 0 aromatic carbocycles. The van der Waals surface area contributed by atoms with Crippen LogP contribution in [-0.2, 0) is 9.47 Å². The van der Waals surface area contributed by atoms with E-state index in [0.717, 1.165) is 45.3 Å². The first-order valence-corrected chi connectivity index (χ1v) is 5.87. The van der Waals surface area contributed by atoms with Crippen LogP contribution >= 0.6 is 0 Å². The topological polar surface area (TPSA) is 38.7 Å². The van der Waals surface area contributed by atoms with E-state index in [1.165, 1.54) is 0 Å². The lowest BCUT2D eigenvalue weighted by atomic mass is 9.88. The van der Waals surface area contributed by atoms with E-state index in [-0.39, 0.29) is 0 Å². The van der Waals surface area contributed by atoms with Crippen LogP contribution in [0.3, 0.4) is 0 Å². The molecule has 15 heavy (non-hydrogen) atoms. The molecule has 0 spiro atoms. The zero-order valence-electron chi connectivity index (χ0n) is 9.37. The van der Waals surface area contributed by atoms with Gasteiger partial charge in [-0.1, -0.05) is 0 Å². The zero-order valence-corrected chi connectivity index (χ0v) is 9.37. The molecule has 2 aliphatic rings. The molecule has 3 heteroatoms. The van der Waals surface area contributed by atoms with Gasteiger partial charge in [-0.2, -0.15) is 0 Å². The van der Waals surface area contributed by atoms with Crippen molar-refractivity contribution in [3.63, 3.8) is 0 Å². The third-order valence-electron chi connectivity index (χ3n) is 3.31. The molecule has 2 atom stereocenters. The summed E-state index contributed by atoms with van der Waals surface area (Å²) in [7, 11) is 0. The number of allylic oxidation sites excluding steroid dienone is 1. The molecular weight excluding hydrogens is 192 g/mol. The summed E-state index contributed by atoms with van der Waals surface area (Å²) in [6.45, 7) is 3.45. The molecule has 2 rings (SSSR count). The Kier molecular flexibility index (Phi) is 3.32. The van der Waals surface area contributed by atoms with Crippen molar-refractivity contribution in [3.05, 3.63) is 11.8 Å². The summed E-state index contributed by atoms with van der Waals surface area (Å²) in [6.07, 6.45) is 6.59. The van der Waals surface area contributed by atoms with Gasteiger partial charge in [0.1, 0.15) is 11.9 Å². The minimum atomic E-state index is -0.599. The van der Waals surface area contributed by atoms with Crippen LogP contribution in [0.25, 0.3) is 0 Å². The van der Waals surface area contributed by atoms with E-state index in [0.29, 0.717) is 5.76 Å². The van der Waals surface area contributed by atoms with Crippen molar-refractivity contribution in [1.29, 1.82) is 0 Å². The minimum absolute atomic E-state index is 0.443. The van der Waals surface area contributed by atoms with E-state index in [1.807, 2.05) is 13.0 Å². The molecule has 3 nitrogen and oxygen atoms in total. The predicted octanol–water partition coefficient (Wildman–Crippen LogP) is 2.00. The van der Waals surface area contributed by atoms with Crippen molar-refractivity contribution < 1.29 is 14.6 Å². The molecule has 0 aromatic rings. The van der Waals surface area contributed by atoms with Gasteiger partial charge in [0, 0.05) is 6.61 Å². The highest BCUT2D eigenvalue weighted by molar-refractivity contribution is 5.09. The summed E-state index contributed by atoms with van der Waals surface area (Å²) in [6, 6.07) is 0. The smallest absolute Gasteiger partial charge is 0.139 e. The molecule has 86 valence electrons. The molecule has 1 fully saturated rings. The first kappa shape index (κ1) is 11.0. The Hall–Kier alpha value is -0.540. The summed E-state index contributed by atoms with van der Waals surface area (Å²) >= 11 is 0. The minimum Gasteiger partial charge on any atom is -0.495 e. The Bertz CT molecular complexity index is 241. The summed E-state index contributed by atoms with van der Waals surface area (Å²) in [5, 5.41) is 10.2. The van der Waals surface area contributed by atoms with Crippen molar-refractivity contribution >= 4 is 0 Å². The number of ether oxygens (including phenoxy) is 2.